The zero-order chi connectivity index (χ0) is 13.4. The molecule has 2 saturated carbocycles. The minimum atomic E-state index is -4.18. The van der Waals surface area contributed by atoms with Crippen LogP contribution in [-0.2, 0) is 4.79 Å². The number of nitrogens with one attached hydrogen (secondary N) is 1. The molecule has 2 atom stereocenters. The quantitative estimate of drug-likeness (QED) is 0.818. The molecule has 2 unspecified atom stereocenters. The maximum Gasteiger partial charge on any atom is 0.391 e. The summed E-state index contributed by atoms with van der Waals surface area (Å²) in [5.74, 6) is -2.07. The first-order chi connectivity index (χ1) is 8.36. The number of amides is 1. The SMILES string of the molecule is NCC1(NC(=O)C2CCCC(C(F)(F)F)C2)CC1. The van der Waals surface area contributed by atoms with E-state index in [0.717, 1.165) is 12.8 Å². The Morgan fingerprint density at radius 2 is 2.00 bits per heavy atom. The normalized spacial score (nSPS) is 30.9. The summed E-state index contributed by atoms with van der Waals surface area (Å²) in [7, 11) is 0. The van der Waals surface area contributed by atoms with Gasteiger partial charge in [-0.2, -0.15) is 13.2 Å². The third kappa shape index (κ3) is 2.96. The van der Waals surface area contributed by atoms with Crippen molar-refractivity contribution in [2.75, 3.05) is 6.54 Å². The molecular formula is C12H19F3N2O. The predicted octanol–water partition coefficient (Wildman–Crippen LogP) is 1.96. The van der Waals surface area contributed by atoms with Crippen LogP contribution in [0.4, 0.5) is 13.2 Å². The maximum absolute atomic E-state index is 12.6. The average Bonchev–Trinajstić information content (AvgIpc) is 3.08. The molecule has 104 valence electrons. The summed E-state index contributed by atoms with van der Waals surface area (Å²) in [6.45, 7) is 0.369. The smallest absolute Gasteiger partial charge is 0.349 e. The van der Waals surface area contributed by atoms with Gasteiger partial charge in [-0.1, -0.05) is 6.42 Å². The number of rotatable bonds is 3. The van der Waals surface area contributed by atoms with Crippen molar-refractivity contribution in [1.29, 1.82) is 0 Å². The second-order valence-electron chi connectivity index (χ2n) is 5.58. The van der Waals surface area contributed by atoms with E-state index in [1.54, 1.807) is 0 Å². The Morgan fingerprint density at radius 1 is 1.33 bits per heavy atom. The van der Waals surface area contributed by atoms with E-state index in [0.29, 0.717) is 19.4 Å². The van der Waals surface area contributed by atoms with Crippen molar-refractivity contribution in [1.82, 2.24) is 5.32 Å². The fraction of sp³-hybridized carbons (Fsp3) is 0.917. The number of alkyl halides is 3. The molecule has 0 bridgehead atoms. The topological polar surface area (TPSA) is 55.1 Å². The first-order valence-corrected chi connectivity index (χ1v) is 6.45. The van der Waals surface area contributed by atoms with Crippen molar-refractivity contribution in [3.8, 4) is 0 Å². The first-order valence-electron chi connectivity index (χ1n) is 6.45. The molecule has 3 N–H and O–H groups in total. The van der Waals surface area contributed by atoms with E-state index < -0.39 is 18.0 Å². The van der Waals surface area contributed by atoms with Crippen LogP contribution in [-0.4, -0.2) is 24.2 Å². The molecule has 0 aliphatic heterocycles. The molecule has 0 aromatic rings. The Balaban J connectivity index is 1.90. The van der Waals surface area contributed by atoms with Gasteiger partial charge in [0.15, 0.2) is 0 Å². The van der Waals surface area contributed by atoms with Gasteiger partial charge in [-0.05, 0) is 32.1 Å². The van der Waals surface area contributed by atoms with Crippen molar-refractivity contribution in [2.45, 2.75) is 50.2 Å². The van der Waals surface area contributed by atoms with Crippen molar-refractivity contribution in [3.63, 3.8) is 0 Å². The van der Waals surface area contributed by atoms with E-state index in [9.17, 15) is 18.0 Å². The van der Waals surface area contributed by atoms with Gasteiger partial charge in [-0.3, -0.25) is 4.79 Å². The van der Waals surface area contributed by atoms with Crippen LogP contribution < -0.4 is 11.1 Å². The fourth-order valence-corrected chi connectivity index (χ4v) is 2.62. The largest absolute Gasteiger partial charge is 0.391 e. The summed E-state index contributed by atoms with van der Waals surface area (Å²) in [5, 5.41) is 2.83. The number of halogens is 3. The van der Waals surface area contributed by atoms with E-state index in [4.69, 9.17) is 5.73 Å². The standard InChI is InChI=1S/C12H19F3N2O/c13-12(14,15)9-3-1-2-8(6-9)10(18)17-11(7-16)4-5-11/h8-9H,1-7,16H2,(H,17,18). The molecule has 0 spiro atoms. The number of carbonyl (C=O) groups is 1. The minimum absolute atomic E-state index is 0.0734. The third-order valence-corrected chi connectivity index (χ3v) is 4.14. The van der Waals surface area contributed by atoms with Crippen LogP contribution in [0.25, 0.3) is 0 Å². The van der Waals surface area contributed by atoms with Gasteiger partial charge >= 0.3 is 6.18 Å². The van der Waals surface area contributed by atoms with Crippen LogP contribution >= 0.6 is 0 Å². The second-order valence-corrected chi connectivity index (χ2v) is 5.58. The highest BCUT2D eigenvalue weighted by molar-refractivity contribution is 5.80. The molecule has 3 nitrogen and oxygen atoms in total. The van der Waals surface area contributed by atoms with Crippen LogP contribution in [0.2, 0.25) is 0 Å². The zero-order valence-corrected chi connectivity index (χ0v) is 10.2. The van der Waals surface area contributed by atoms with Crippen LogP contribution in [0.3, 0.4) is 0 Å². The van der Waals surface area contributed by atoms with Gasteiger partial charge in [-0.15, -0.1) is 0 Å². The van der Waals surface area contributed by atoms with Crippen LogP contribution in [0.15, 0.2) is 0 Å². The van der Waals surface area contributed by atoms with Crippen molar-refractivity contribution in [3.05, 3.63) is 0 Å². The molecule has 0 aromatic carbocycles. The number of carbonyl (C=O) groups excluding carboxylic acids is 1. The van der Waals surface area contributed by atoms with E-state index in [1.165, 1.54) is 0 Å². The molecule has 2 rings (SSSR count). The molecular weight excluding hydrogens is 245 g/mol. The van der Waals surface area contributed by atoms with Gasteiger partial charge in [0, 0.05) is 12.5 Å². The highest BCUT2D eigenvalue weighted by Crippen LogP contribution is 2.41. The first kappa shape index (κ1) is 13.6. The van der Waals surface area contributed by atoms with Gasteiger partial charge in [0.2, 0.25) is 5.91 Å². The molecule has 0 heterocycles. The highest BCUT2D eigenvalue weighted by Gasteiger charge is 2.47. The van der Waals surface area contributed by atoms with Crippen molar-refractivity contribution in [2.24, 2.45) is 17.6 Å². The van der Waals surface area contributed by atoms with Gasteiger partial charge in [0.1, 0.15) is 0 Å². The zero-order valence-electron chi connectivity index (χ0n) is 10.2. The average molecular weight is 264 g/mol. The summed E-state index contributed by atoms with van der Waals surface area (Å²) in [4.78, 5) is 12.0. The summed E-state index contributed by atoms with van der Waals surface area (Å²) in [6.07, 6.45) is -1.40. The van der Waals surface area contributed by atoms with Crippen molar-refractivity contribution >= 4 is 5.91 Å². The molecule has 1 amide bonds. The van der Waals surface area contributed by atoms with Crippen LogP contribution in [0.1, 0.15) is 38.5 Å². The lowest BCUT2D eigenvalue weighted by molar-refractivity contribution is -0.186. The lowest BCUT2D eigenvalue weighted by Crippen LogP contribution is -2.46. The Labute approximate surface area is 104 Å². The van der Waals surface area contributed by atoms with Crippen molar-refractivity contribution < 1.29 is 18.0 Å². The van der Waals surface area contributed by atoms with Gasteiger partial charge in [0.05, 0.1) is 11.5 Å². The van der Waals surface area contributed by atoms with Crippen LogP contribution in [0, 0.1) is 11.8 Å². The predicted molar refractivity (Wildman–Crippen MR) is 60.7 cm³/mol. The number of nitrogens with two attached hydrogens (primary N) is 1. The van der Waals surface area contributed by atoms with Gasteiger partial charge < -0.3 is 11.1 Å². The lowest BCUT2D eigenvalue weighted by atomic mass is 9.80. The van der Waals surface area contributed by atoms with Gasteiger partial charge in [-0.25, -0.2) is 0 Å². The Hall–Kier alpha value is -0.780. The van der Waals surface area contributed by atoms with E-state index >= 15 is 0 Å². The Morgan fingerprint density at radius 3 is 2.50 bits per heavy atom. The Bertz CT molecular complexity index is 326. The molecule has 2 aliphatic carbocycles. The summed E-state index contributed by atoms with van der Waals surface area (Å²) in [5.41, 5.74) is 5.23. The summed E-state index contributed by atoms with van der Waals surface area (Å²) in [6, 6.07) is 0. The molecule has 2 fully saturated rings. The maximum atomic E-state index is 12.6. The van der Waals surface area contributed by atoms with E-state index in [2.05, 4.69) is 5.32 Å². The number of hydrogen-bond donors (Lipinski definition) is 2. The molecule has 0 saturated heterocycles. The van der Waals surface area contributed by atoms with E-state index in [-0.39, 0.29) is 24.3 Å². The highest BCUT2D eigenvalue weighted by atomic mass is 19.4. The molecule has 18 heavy (non-hydrogen) atoms. The number of hydrogen-bond acceptors (Lipinski definition) is 2. The molecule has 0 aromatic heterocycles. The third-order valence-electron chi connectivity index (χ3n) is 4.14. The molecule has 6 heteroatoms. The summed E-state index contributed by atoms with van der Waals surface area (Å²) < 4.78 is 37.9. The Kier molecular flexibility index (Phi) is 3.58. The minimum Gasteiger partial charge on any atom is -0.349 e. The molecule has 2 aliphatic rings. The lowest BCUT2D eigenvalue weighted by Gasteiger charge is -2.30. The fourth-order valence-electron chi connectivity index (χ4n) is 2.62. The summed E-state index contributed by atoms with van der Waals surface area (Å²) >= 11 is 0. The monoisotopic (exact) mass is 264 g/mol. The van der Waals surface area contributed by atoms with Crippen LogP contribution in [0.5, 0.6) is 0 Å². The molecule has 0 radical (unpaired) electrons. The van der Waals surface area contributed by atoms with Gasteiger partial charge in [0.25, 0.3) is 0 Å². The van der Waals surface area contributed by atoms with E-state index in [1.807, 2.05) is 0 Å². The second kappa shape index (κ2) is 4.72.